The summed E-state index contributed by atoms with van der Waals surface area (Å²) < 4.78 is 31.3. The Hall–Kier alpha value is 0.166. The largest absolute Gasteiger partial charge is 1.00 e. The van der Waals surface area contributed by atoms with E-state index in [9.17, 15) is 23.1 Å². The van der Waals surface area contributed by atoms with E-state index in [0.717, 1.165) is 24.3 Å². The SMILES string of the molecule is O=[N+]([O-])c1cccc(S(=O)(=O)[O-])c1.[K+]. The van der Waals surface area contributed by atoms with E-state index >= 15 is 0 Å². The number of hydrogen-bond donors (Lipinski definition) is 0. The summed E-state index contributed by atoms with van der Waals surface area (Å²) in [7, 11) is -4.61. The van der Waals surface area contributed by atoms with Gasteiger partial charge in [0.2, 0.25) is 0 Å². The molecule has 0 aliphatic carbocycles. The maximum Gasteiger partial charge on any atom is 1.00 e. The summed E-state index contributed by atoms with van der Waals surface area (Å²) in [6, 6.07) is 3.98. The molecular weight excluding hydrogens is 237 g/mol. The summed E-state index contributed by atoms with van der Waals surface area (Å²) in [6.07, 6.45) is 0. The van der Waals surface area contributed by atoms with E-state index in [2.05, 4.69) is 0 Å². The fourth-order valence-corrected chi connectivity index (χ4v) is 1.26. The molecule has 0 amide bonds. The van der Waals surface area contributed by atoms with Crippen molar-refractivity contribution < 1.29 is 69.3 Å². The van der Waals surface area contributed by atoms with Crippen LogP contribution in [0.5, 0.6) is 0 Å². The summed E-state index contributed by atoms with van der Waals surface area (Å²) in [6.45, 7) is 0. The van der Waals surface area contributed by atoms with Crippen molar-refractivity contribution in [1.29, 1.82) is 0 Å². The van der Waals surface area contributed by atoms with E-state index in [1.807, 2.05) is 0 Å². The molecule has 0 aliphatic heterocycles. The quantitative estimate of drug-likeness (QED) is 0.247. The molecule has 0 saturated carbocycles. The van der Waals surface area contributed by atoms with E-state index in [1.54, 1.807) is 0 Å². The number of rotatable bonds is 2. The summed E-state index contributed by atoms with van der Waals surface area (Å²) in [5, 5.41) is 10.2. The Kier molecular flexibility index (Phi) is 5.37. The van der Waals surface area contributed by atoms with Gasteiger partial charge in [0.25, 0.3) is 5.69 Å². The summed E-state index contributed by atoms with van der Waals surface area (Å²) in [5.41, 5.74) is -0.420. The summed E-state index contributed by atoms with van der Waals surface area (Å²) in [4.78, 5) is 8.82. The van der Waals surface area contributed by atoms with Crippen LogP contribution in [-0.2, 0) is 10.1 Å². The zero-order valence-electron chi connectivity index (χ0n) is 7.21. The third kappa shape index (κ3) is 3.73. The molecular formula is C6H4KNO5S. The van der Waals surface area contributed by atoms with Crippen LogP contribution in [0.2, 0.25) is 0 Å². The van der Waals surface area contributed by atoms with Crippen LogP contribution in [0, 0.1) is 10.1 Å². The third-order valence-corrected chi connectivity index (χ3v) is 2.15. The van der Waals surface area contributed by atoms with Crippen molar-refractivity contribution in [2.75, 3.05) is 0 Å². The van der Waals surface area contributed by atoms with Crippen molar-refractivity contribution in [3.8, 4) is 0 Å². The minimum Gasteiger partial charge on any atom is -0.744 e. The molecule has 0 spiro atoms. The maximum absolute atomic E-state index is 10.4. The monoisotopic (exact) mass is 241 g/mol. The van der Waals surface area contributed by atoms with Crippen LogP contribution in [0.1, 0.15) is 0 Å². The summed E-state index contributed by atoms with van der Waals surface area (Å²) >= 11 is 0. The van der Waals surface area contributed by atoms with Gasteiger partial charge in [0.1, 0.15) is 10.1 Å². The molecule has 0 aromatic heterocycles. The molecule has 0 saturated heterocycles. The van der Waals surface area contributed by atoms with E-state index in [-0.39, 0.29) is 51.4 Å². The minimum absolute atomic E-state index is 0. The Bertz CT molecular complexity index is 443. The van der Waals surface area contributed by atoms with Crippen molar-refractivity contribution >= 4 is 15.8 Å². The number of benzene rings is 1. The zero-order chi connectivity index (χ0) is 10.1. The molecule has 0 atom stereocenters. The number of nitro benzene ring substituents is 1. The Morgan fingerprint density at radius 1 is 1.29 bits per heavy atom. The first kappa shape index (κ1) is 14.2. The van der Waals surface area contributed by atoms with Crippen LogP contribution in [0.15, 0.2) is 29.2 Å². The summed E-state index contributed by atoms with van der Waals surface area (Å²) in [5.74, 6) is 0. The smallest absolute Gasteiger partial charge is 0.744 e. The van der Waals surface area contributed by atoms with Crippen LogP contribution >= 0.6 is 0 Å². The Morgan fingerprint density at radius 3 is 2.29 bits per heavy atom. The van der Waals surface area contributed by atoms with Gasteiger partial charge >= 0.3 is 51.4 Å². The van der Waals surface area contributed by atoms with Gasteiger partial charge in [-0.1, -0.05) is 6.07 Å². The minimum atomic E-state index is -4.61. The fraction of sp³-hybridized carbons (Fsp3) is 0. The van der Waals surface area contributed by atoms with Crippen LogP contribution in [0.4, 0.5) is 5.69 Å². The Balaban J connectivity index is 0.00000169. The average Bonchev–Trinajstić information content (AvgIpc) is 2.03. The first-order valence-corrected chi connectivity index (χ1v) is 4.52. The van der Waals surface area contributed by atoms with E-state index in [0.29, 0.717) is 0 Å². The van der Waals surface area contributed by atoms with Crippen molar-refractivity contribution in [2.24, 2.45) is 0 Å². The predicted molar refractivity (Wildman–Crippen MR) is 41.1 cm³/mol. The van der Waals surface area contributed by atoms with Gasteiger partial charge in [-0.3, -0.25) is 10.1 Å². The molecule has 0 N–H and O–H groups in total. The van der Waals surface area contributed by atoms with Gasteiger partial charge < -0.3 is 4.55 Å². The molecule has 1 aromatic rings. The van der Waals surface area contributed by atoms with Crippen molar-refractivity contribution in [3.63, 3.8) is 0 Å². The second-order valence-corrected chi connectivity index (χ2v) is 3.59. The van der Waals surface area contributed by atoms with Crippen molar-refractivity contribution in [3.05, 3.63) is 34.4 Å². The average molecular weight is 241 g/mol. The number of nitro groups is 1. The third-order valence-electron chi connectivity index (χ3n) is 1.32. The normalized spacial score (nSPS) is 10.4. The predicted octanol–water partition coefficient (Wildman–Crippen LogP) is -2.50. The number of non-ortho nitro benzene ring substituents is 1. The van der Waals surface area contributed by atoms with Crippen LogP contribution in [-0.4, -0.2) is 17.9 Å². The van der Waals surface area contributed by atoms with Gasteiger partial charge in [-0.05, 0) is 6.07 Å². The molecule has 0 aliphatic rings. The van der Waals surface area contributed by atoms with Crippen molar-refractivity contribution in [2.45, 2.75) is 4.90 Å². The molecule has 0 bridgehead atoms. The van der Waals surface area contributed by atoms with Crippen LogP contribution in [0.3, 0.4) is 0 Å². The Morgan fingerprint density at radius 2 is 1.86 bits per heavy atom. The molecule has 14 heavy (non-hydrogen) atoms. The van der Waals surface area contributed by atoms with Crippen molar-refractivity contribution in [1.82, 2.24) is 0 Å². The molecule has 6 nitrogen and oxygen atoms in total. The molecule has 70 valence electrons. The Labute approximate surface area is 123 Å². The van der Waals surface area contributed by atoms with E-state index in [4.69, 9.17) is 0 Å². The van der Waals surface area contributed by atoms with Gasteiger partial charge in [0, 0.05) is 12.1 Å². The van der Waals surface area contributed by atoms with Gasteiger partial charge in [0.05, 0.1) is 9.82 Å². The standard InChI is InChI=1S/C6H5NO5S.K/c8-7(9)5-2-1-3-6(4-5)13(10,11)12;/h1-4H,(H,10,11,12);/q;+1/p-1. The number of nitrogens with zero attached hydrogens (tertiary/aromatic N) is 1. The molecule has 0 heterocycles. The first-order valence-electron chi connectivity index (χ1n) is 3.11. The molecule has 0 radical (unpaired) electrons. The molecule has 8 heteroatoms. The topological polar surface area (TPSA) is 100 Å². The second kappa shape index (κ2) is 5.31. The van der Waals surface area contributed by atoms with E-state index in [1.165, 1.54) is 0 Å². The maximum atomic E-state index is 10.4. The molecule has 0 unspecified atom stereocenters. The van der Waals surface area contributed by atoms with E-state index < -0.39 is 25.6 Å². The van der Waals surface area contributed by atoms with Gasteiger partial charge in [-0.15, -0.1) is 0 Å². The van der Waals surface area contributed by atoms with Gasteiger partial charge in [0.15, 0.2) is 0 Å². The molecule has 1 aromatic carbocycles. The van der Waals surface area contributed by atoms with Crippen LogP contribution in [0.25, 0.3) is 0 Å². The first-order chi connectivity index (χ1) is 5.91. The molecule has 0 fully saturated rings. The molecule has 1 rings (SSSR count). The fourth-order valence-electron chi connectivity index (χ4n) is 0.753. The van der Waals surface area contributed by atoms with Gasteiger partial charge in [-0.2, -0.15) is 0 Å². The number of hydrogen-bond acceptors (Lipinski definition) is 5. The van der Waals surface area contributed by atoms with Crippen LogP contribution < -0.4 is 51.4 Å². The second-order valence-electron chi connectivity index (χ2n) is 2.21. The zero-order valence-corrected chi connectivity index (χ0v) is 11.1. The van der Waals surface area contributed by atoms with Gasteiger partial charge in [-0.25, -0.2) is 8.42 Å².